The van der Waals surface area contributed by atoms with Crippen LogP contribution in [0.25, 0.3) is 0 Å². The highest BCUT2D eigenvalue weighted by Gasteiger charge is 2.02. The van der Waals surface area contributed by atoms with Gasteiger partial charge in [-0.25, -0.2) is 4.98 Å². The third-order valence-electron chi connectivity index (χ3n) is 2.36. The lowest BCUT2D eigenvalue weighted by Gasteiger charge is -2.09. The van der Waals surface area contributed by atoms with E-state index in [0.29, 0.717) is 13.1 Å². The zero-order valence-corrected chi connectivity index (χ0v) is 9.89. The second-order valence-corrected chi connectivity index (χ2v) is 3.64. The lowest BCUT2D eigenvalue weighted by molar-refractivity contribution is 0.364. The lowest BCUT2D eigenvalue weighted by atomic mass is 10.2. The summed E-state index contributed by atoms with van der Waals surface area (Å²) in [5, 5.41) is 9.83. The summed E-state index contributed by atoms with van der Waals surface area (Å²) in [5.74, 6) is 4.06. The van der Waals surface area contributed by atoms with Gasteiger partial charge in [-0.05, 0) is 6.07 Å². The number of hydrogen-bond acceptors (Lipinski definition) is 4. The van der Waals surface area contributed by atoms with Crippen LogP contribution in [0.1, 0.15) is 11.4 Å². The van der Waals surface area contributed by atoms with Crippen molar-refractivity contribution in [2.75, 3.05) is 6.61 Å². The minimum absolute atomic E-state index is 0.277. The summed E-state index contributed by atoms with van der Waals surface area (Å²) in [6.07, 6.45) is 6.67. The normalized spacial score (nSPS) is 9.94. The Morgan fingerprint density at radius 3 is 3.00 bits per heavy atom. The number of aromatic nitrogens is 3. The molecule has 0 bridgehead atoms. The SMILES string of the molecule is C#CCOc1ccccc1CNCc1ncn[nH]1. The summed E-state index contributed by atoms with van der Waals surface area (Å²) in [5.41, 5.74) is 1.06. The fourth-order valence-electron chi connectivity index (χ4n) is 1.54. The Balaban J connectivity index is 1.90. The third-order valence-corrected chi connectivity index (χ3v) is 2.36. The number of para-hydroxylation sites is 1. The van der Waals surface area contributed by atoms with E-state index in [1.807, 2.05) is 24.3 Å². The molecule has 2 rings (SSSR count). The standard InChI is InChI=1S/C13H14N4O/c1-2-7-18-12-6-4-3-5-11(12)8-14-9-13-15-10-16-17-13/h1,3-6,10,14H,7-9H2,(H,15,16,17). The lowest BCUT2D eigenvalue weighted by Crippen LogP contribution is -2.14. The van der Waals surface area contributed by atoms with E-state index in [4.69, 9.17) is 11.2 Å². The minimum atomic E-state index is 0.277. The molecule has 0 aliphatic heterocycles. The highest BCUT2D eigenvalue weighted by Crippen LogP contribution is 2.17. The molecule has 1 aromatic carbocycles. The summed E-state index contributed by atoms with van der Waals surface area (Å²) in [7, 11) is 0. The molecule has 0 aliphatic carbocycles. The van der Waals surface area contributed by atoms with Crippen LogP contribution in [0.3, 0.4) is 0 Å². The van der Waals surface area contributed by atoms with Crippen LogP contribution >= 0.6 is 0 Å². The molecule has 1 heterocycles. The van der Waals surface area contributed by atoms with Gasteiger partial charge in [0, 0.05) is 12.1 Å². The molecule has 2 aromatic rings. The maximum absolute atomic E-state index is 5.46. The summed E-state index contributed by atoms with van der Waals surface area (Å²) in [4.78, 5) is 4.03. The van der Waals surface area contributed by atoms with Gasteiger partial charge in [0.05, 0.1) is 6.54 Å². The van der Waals surface area contributed by atoms with Crippen LogP contribution in [0.5, 0.6) is 5.75 Å². The van der Waals surface area contributed by atoms with E-state index in [2.05, 4.69) is 26.4 Å². The molecule has 0 spiro atoms. The van der Waals surface area contributed by atoms with E-state index in [1.165, 1.54) is 6.33 Å². The fraction of sp³-hybridized carbons (Fsp3) is 0.231. The minimum Gasteiger partial charge on any atom is -0.481 e. The first kappa shape index (κ1) is 12.1. The number of ether oxygens (including phenoxy) is 1. The van der Waals surface area contributed by atoms with E-state index in [9.17, 15) is 0 Å². The van der Waals surface area contributed by atoms with Crippen LogP contribution in [-0.2, 0) is 13.1 Å². The quantitative estimate of drug-likeness (QED) is 0.745. The highest BCUT2D eigenvalue weighted by molar-refractivity contribution is 5.33. The van der Waals surface area contributed by atoms with E-state index in [0.717, 1.165) is 17.1 Å². The van der Waals surface area contributed by atoms with Gasteiger partial charge in [-0.3, -0.25) is 5.10 Å². The Morgan fingerprint density at radius 2 is 2.22 bits per heavy atom. The number of hydrogen-bond donors (Lipinski definition) is 2. The van der Waals surface area contributed by atoms with E-state index in [-0.39, 0.29) is 6.61 Å². The number of benzene rings is 1. The third kappa shape index (κ3) is 3.34. The van der Waals surface area contributed by atoms with Crippen LogP contribution in [0.15, 0.2) is 30.6 Å². The maximum Gasteiger partial charge on any atom is 0.148 e. The van der Waals surface area contributed by atoms with Gasteiger partial charge < -0.3 is 10.1 Å². The molecule has 0 unspecified atom stereocenters. The first-order chi connectivity index (χ1) is 8.90. The molecule has 18 heavy (non-hydrogen) atoms. The van der Waals surface area contributed by atoms with Crippen molar-refractivity contribution in [2.24, 2.45) is 0 Å². The molecule has 5 nitrogen and oxygen atoms in total. The van der Waals surface area contributed by atoms with Crippen molar-refractivity contribution in [1.29, 1.82) is 0 Å². The van der Waals surface area contributed by atoms with Crippen molar-refractivity contribution in [2.45, 2.75) is 13.1 Å². The van der Waals surface area contributed by atoms with Crippen molar-refractivity contribution < 1.29 is 4.74 Å². The maximum atomic E-state index is 5.46. The van der Waals surface area contributed by atoms with Gasteiger partial charge in [-0.2, -0.15) is 5.10 Å². The van der Waals surface area contributed by atoms with E-state index in [1.54, 1.807) is 0 Å². The number of aromatic amines is 1. The predicted molar refractivity (Wildman–Crippen MR) is 67.7 cm³/mol. The molecule has 0 saturated heterocycles. The zero-order chi connectivity index (χ0) is 12.6. The second-order valence-electron chi connectivity index (χ2n) is 3.64. The molecule has 0 radical (unpaired) electrons. The van der Waals surface area contributed by atoms with Gasteiger partial charge in [-0.15, -0.1) is 6.42 Å². The van der Waals surface area contributed by atoms with Crippen LogP contribution < -0.4 is 10.1 Å². The molecule has 0 amide bonds. The Morgan fingerprint density at radius 1 is 1.33 bits per heavy atom. The number of nitrogens with one attached hydrogen (secondary N) is 2. The largest absolute Gasteiger partial charge is 0.481 e. The van der Waals surface area contributed by atoms with Gasteiger partial charge in [0.15, 0.2) is 0 Å². The monoisotopic (exact) mass is 242 g/mol. The molecular weight excluding hydrogens is 228 g/mol. The molecule has 0 atom stereocenters. The topological polar surface area (TPSA) is 62.8 Å². The number of terminal acetylenes is 1. The average molecular weight is 242 g/mol. The average Bonchev–Trinajstić information content (AvgIpc) is 2.91. The van der Waals surface area contributed by atoms with Crippen molar-refractivity contribution in [1.82, 2.24) is 20.5 Å². The first-order valence-electron chi connectivity index (χ1n) is 5.59. The second kappa shape index (κ2) is 6.42. The molecular formula is C13H14N4O. The first-order valence-corrected chi connectivity index (χ1v) is 5.59. The van der Waals surface area contributed by atoms with Gasteiger partial charge >= 0.3 is 0 Å². The molecule has 5 heteroatoms. The molecule has 0 fully saturated rings. The molecule has 92 valence electrons. The van der Waals surface area contributed by atoms with Crippen molar-refractivity contribution in [3.05, 3.63) is 42.0 Å². The van der Waals surface area contributed by atoms with E-state index < -0.39 is 0 Å². The van der Waals surface area contributed by atoms with Crippen LogP contribution in [0.2, 0.25) is 0 Å². The zero-order valence-electron chi connectivity index (χ0n) is 9.89. The van der Waals surface area contributed by atoms with Crippen LogP contribution in [-0.4, -0.2) is 21.8 Å². The van der Waals surface area contributed by atoms with Crippen molar-refractivity contribution >= 4 is 0 Å². The molecule has 0 aliphatic rings. The Kier molecular flexibility index (Phi) is 4.33. The van der Waals surface area contributed by atoms with E-state index >= 15 is 0 Å². The van der Waals surface area contributed by atoms with Crippen molar-refractivity contribution in [3.8, 4) is 18.1 Å². The Bertz CT molecular complexity index is 516. The van der Waals surface area contributed by atoms with Gasteiger partial charge in [0.1, 0.15) is 24.5 Å². The number of rotatable bonds is 6. The fourth-order valence-corrected chi connectivity index (χ4v) is 1.54. The highest BCUT2D eigenvalue weighted by atomic mass is 16.5. The predicted octanol–water partition coefficient (Wildman–Crippen LogP) is 1.11. The summed E-state index contributed by atoms with van der Waals surface area (Å²) in [6.45, 7) is 1.59. The summed E-state index contributed by atoms with van der Waals surface area (Å²) < 4.78 is 5.46. The smallest absolute Gasteiger partial charge is 0.148 e. The number of H-pyrrole nitrogens is 1. The van der Waals surface area contributed by atoms with Crippen LogP contribution in [0, 0.1) is 12.3 Å². The van der Waals surface area contributed by atoms with Gasteiger partial charge in [0.25, 0.3) is 0 Å². The molecule has 0 saturated carbocycles. The Hall–Kier alpha value is -2.32. The summed E-state index contributed by atoms with van der Waals surface area (Å²) >= 11 is 0. The van der Waals surface area contributed by atoms with Gasteiger partial charge in [0.2, 0.25) is 0 Å². The Labute approximate surface area is 106 Å². The van der Waals surface area contributed by atoms with Crippen LogP contribution in [0.4, 0.5) is 0 Å². The van der Waals surface area contributed by atoms with Crippen molar-refractivity contribution in [3.63, 3.8) is 0 Å². The number of nitrogens with zero attached hydrogens (tertiary/aromatic N) is 2. The summed E-state index contributed by atoms with van der Waals surface area (Å²) in [6, 6.07) is 7.79. The van der Waals surface area contributed by atoms with Gasteiger partial charge in [-0.1, -0.05) is 24.1 Å². The molecule has 1 aromatic heterocycles. The molecule has 2 N–H and O–H groups in total.